The smallest absolute Gasteiger partial charge is 0.160 e. The molecule has 7 aromatic carbocycles. The molecule has 0 saturated carbocycles. The molecule has 50 heavy (non-hydrogen) atoms. The molecule has 0 atom stereocenters. The third-order valence-corrected chi connectivity index (χ3v) is 11.7. The molecule has 2 heterocycles. The fourth-order valence-electron chi connectivity index (χ4n) is 8.00. The zero-order valence-corrected chi connectivity index (χ0v) is 28.6. The molecule has 9 aromatic rings. The van der Waals surface area contributed by atoms with Gasteiger partial charge < -0.3 is 0 Å². The van der Waals surface area contributed by atoms with E-state index in [1.165, 1.54) is 64.3 Å². The summed E-state index contributed by atoms with van der Waals surface area (Å²) in [6.07, 6.45) is 0. The summed E-state index contributed by atoms with van der Waals surface area (Å²) in [4.78, 5) is 10.4. The molecule has 0 unspecified atom stereocenters. The van der Waals surface area contributed by atoms with Crippen LogP contribution < -0.4 is 0 Å². The van der Waals surface area contributed by atoms with Crippen molar-refractivity contribution in [2.24, 2.45) is 0 Å². The van der Waals surface area contributed by atoms with Crippen LogP contribution >= 0.6 is 11.3 Å². The molecular weight excluding hydrogens is 625 g/mol. The first-order chi connectivity index (χ1) is 24.5. The summed E-state index contributed by atoms with van der Waals surface area (Å²) in [6, 6.07) is 57.0. The van der Waals surface area contributed by atoms with E-state index >= 15 is 0 Å². The van der Waals surface area contributed by atoms with E-state index in [1.54, 1.807) is 0 Å². The summed E-state index contributed by atoms with van der Waals surface area (Å²) >= 11 is 1.84. The molecule has 0 saturated heterocycles. The summed E-state index contributed by atoms with van der Waals surface area (Å²) < 4.78 is 2.59. The van der Waals surface area contributed by atoms with Gasteiger partial charge in [-0.25, -0.2) is 9.97 Å². The van der Waals surface area contributed by atoms with E-state index in [0.29, 0.717) is 0 Å². The summed E-state index contributed by atoms with van der Waals surface area (Å²) in [5.41, 5.74) is 12.9. The first kappa shape index (κ1) is 29.1. The van der Waals surface area contributed by atoms with Crippen LogP contribution in [0.2, 0.25) is 0 Å². The van der Waals surface area contributed by atoms with Crippen molar-refractivity contribution in [3.8, 4) is 56.2 Å². The minimum Gasteiger partial charge on any atom is -0.228 e. The van der Waals surface area contributed by atoms with Gasteiger partial charge in [0.05, 0.1) is 11.4 Å². The van der Waals surface area contributed by atoms with E-state index in [0.717, 1.165) is 33.9 Å². The standard InChI is InChI=1S/C47H32N2S/c1-47(2)40-18-10-8-16-35(40)38-26-30(20-24-41(38)47)32-22-23-36(34-15-7-6-14-33(32)34)43-28-42(48-46(49-43)29-12-4-3-5-13-29)31-21-25-45-39(27-31)37-17-9-11-19-44(37)50-45/h3-28H,1-2H3. The SMILES string of the molecule is CC1(C)c2ccccc2-c2cc(-c3ccc(-c4cc(-c5ccc6sc7ccccc7c6c5)nc(-c5ccccc5)n4)c4ccccc34)ccc21. The predicted molar refractivity (Wildman–Crippen MR) is 212 cm³/mol. The average molecular weight is 657 g/mol. The molecule has 0 amide bonds. The second kappa shape index (κ2) is 11.1. The molecule has 1 aliphatic rings. The number of hydrogen-bond acceptors (Lipinski definition) is 3. The Morgan fingerprint density at radius 3 is 1.90 bits per heavy atom. The van der Waals surface area contributed by atoms with E-state index in [4.69, 9.17) is 9.97 Å². The molecular formula is C47H32N2S. The van der Waals surface area contributed by atoms with Crippen molar-refractivity contribution >= 4 is 42.3 Å². The predicted octanol–water partition coefficient (Wildman–Crippen LogP) is 13.0. The zero-order valence-electron chi connectivity index (χ0n) is 27.8. The van der Waals surface area contributed by atoms with Crippen molar-refractivity contribution in [2.75, 3.05) is 0 Å². The van der Waals surface area contributed by atoms with E-state index in [-0.39, 0.29) is 5.41 Å². The van der Waals surface area contributed by atoms with Crippen LogP contribution in [0.4, 0.5) is 0 Å². The van der Waals surface area contributed by atoms with Crippen molar-refractivity contribution in [3.63, 3.8) is 0 Å². The minimum atomic E-state index is -0.0153. The molecule has 0 spiro atoms. The molecule has 3 heteroatoms. The number of benzene rings is 7. The number of hydrogen-bond donors (Lipinski definition) is 0. The topological polar surface area (TPSA) is 25.8 Å². The highest BCUT2D eigenvalue weighted by Crippen LogP contribution is 2.50. The highest BCUT2D eigenvalue weighted by molar-refractivity contribution is 7.25. The average Bonchev–Trinajstić information content (AvgIpc) is 3.66. The van der Waals surface area contributed by atoms with Gasteiger partial charge in [-0.1, -0.05) is 141 Å². The van der Waals surface area contributed by atoms with Crippen molar-refractivity contribution in [3.05, 3.63) is 169 Å². The van der Waals surface area contributed by atoms with Gasteiger partial charge in [-0.3, -0.25) is 0 Å². The van der Waals surface area contributed by atoms with Gasteiger partial charge in [-0.05, 0) is 74.5 Å². The Morgan fingerprint density at radius 1 is 0.400 bits per heavy atom. The highest BCUT2D eigenvalue weighted by atomic mass is 32.1. The van der Waals surface area contributed by atoms with Crippen LogP contribution in [0, 0.1) is 0 Å². The number of fused-ring (bicyclic) bond motifs is 7. The third-order valence-electron chi connectivity index (χ3n) is 10.5. The fraction of sp³-hybridized carbons (Fsp3) is 0.0638. The molecule has 0 bridgehead atoms. The lowest BCUT2D eigenvalue weighted by molar-refractivity contribution is 0.660. The molecule has 0 fully saturated rings. The van der Waals surface area contributed by atoms with Gasteiger partial charge in [-0.2, -0.15) is 0 Å². The minimum absolute atomic E-state index is 0.0153. The van der Waals surface area contributed by atoms with Gasteiger partial charge >= 0.3 is 0 Å². The molecule has 10 rings (SSSR count). The van der Waals surface area contributed by atoms with Gasteiger partial charge in [0.15, 0.2) is 5.82 Å². The summed E-state index contributed by atoms with van der Waals surface area (Å²) in [6.45, 7) is 4.67. The fourth-order valence-corrected chi connectivity index (χ4v) is 9.08. The molecule has 0 radical (unpaired) electrons. The van der Waals surface area contributed by atoms with Crippen LogP contribution in [0.1, 0.15) is 25.0 Å². The van der Waals surface area contributed by atoms with Crippen LogP contribution in [0.5, 0.6) is 0 Å². The summed E-state index contributed by atoms with van der Waals surface area (Å²) in [5, 5.41) is 4.93. The first-order valence-electron chi connectivity index (χ1n) is 17.2. The van der Waals surface area contributed by atoms with Gasteiger partial charge in [0.25, 0.3) is 0 Å². The maximum Gasteiger partial charge on any atom is 0.160 e. The van der Waals surface area contributed by atoms with E-state index in [1.807, 2.05) is 17.4 Å². The Kier molecular flexibility index (Phi) is 6.43. The number of thiophene rings is 1. The summed E-state index contributed by atoms with van der Waals surface area (Å²) in [7, 11) is 0. The second-order valence-electron chi connectivity index (χ2n) is 13.8. The van der Waals surface area contributed by atoms with Crippen LogP contribution in [0.15, 0.2) is 158 Å². The van der Waals surface area contributed by atoms with Gasteiger partial charge in [0, 0.05) is 42.3 Å². The number of nitrogens with zero attached hydrogens (tertiary/aromatic N) is 2. The Bertz CT molecular complexity index is 2790. The Balaban J connectivity index is 1.15. The van der Waals surface area contributed by atoms with Crippen molar-refractivity contribution in [1.29, 1.82) is 0 Å². The molecule has 2 aromatic heterocycles. The maximum absolute atomic E-state index is 5.23. The largest absolute Gasteiger partial charge is 0.228 e. The number of aromatic nitrogens is 2. The van der Waals surface area contributed by atoms with Crippen LogP contribution in [-0.2, 0) is 5.41 Å². The first-order valence-corrected chi connectivity index (χ1v) is 18.0. The molecule has 1 aliphatic carbocycles. The zero-order chi connectivity index (χ0) is 33.4. The highest BCUT2D eigenvalue weighted by Gasteiger charge is 2.35. The Labute approximate surface area is 295 Å². The lowest BCUT2D eigenvalue weighted by Crippen LogP contribution is -2.14. The lowest BCUT2D eigenvalue weighted by atomic mass is 9.82. The van der Waals surface area contributed by atoms with Gasteiger partial charge in [0.1, 0.15) is 0 Å². The van der Waals surface area contributed by atoms with E-state index < -0.39 is 0 Å². The maximum atomic E-state index is 5.23. The summed E-state index contributed by atoms with van der Waals surface area (Å²) in [5.74, 6) is 0.724. The quantitative estimate of drug-likeness (QED) is 0.188. The van der Waals surface area contributed by atoms with Gasteiger partial charge in [0.2, 0.25) is 0 Å². The Hall–Kier alpha value is -5.90. The van der Waals surface area contributed by atoms with E-state index in [9.17, 15) is 0 Å². The van der Waals surface area contributed by atoms with Crippen LogP contribution in [0.25, 0.3) is 87.1 Å². The van der Waals surface area contributed by atoms with Crippen molar-refractivity contribution < 1.29 is 0 Å². The van der Waals surface area contributed by atoms with Crippen molar-refractivity contribution in [1.82, 2.24) is 9.97 Å². The van der Waals surface area contributed by atoms with Gasteiger partial charge in [-0.15, -0.1) is 11.3 Å². The lowest BCUT2D eigenvalue weighted by Gasteiger charge is -2.21. The second-order valence-corrected chi connectivity index (χ2v) is 14.9. The molecule has 0 N–H and O–H groups in total. The monoisotopic (exact) mass is 656 g/mol. The van der Waals surface area contributed by atoms with Crippen molar-refractivity contribution in [2.45, 2.75) is 19.3 Å². The Morgan fingerprint density at radius 2 is 1.04 bits per heavy atom. The molecule has 236 valence electrons. The van der Waals surface area contributed by atoms with E-state index in [2.05, 4.69) is 166 Å². The molecule has 0 aliphatic heterocycles. The third kappa shape index (κ3) is 4.47. The van der Waals surface area contributed by atoms with Crippen LogP contribution in [0.3, 0.4) is 0 Å². The number of rotatable bonds is 4. The molecule has 2 nitrogen and oxygen atoms in total. The van der Waals surface area contributed by atoms with Crippen LogP contribution in [-0.4, -0.2) is 9.97 Å². The normalized spacial score (nSPS) is 13.2.